The summed E-state index contributed by atoms with van der Waals surface area (Å²) < 4.78 is 12.0. The molecule has 0 aromatic heterocycles. The van der Waals surface area contributed by atoms with Crippen molar-refractivity contribution in [3.63, 3.8) is 0 Å². The molecule has 0 unspecified atom stereocenters. The minimum atomic E-state index is -0.536. The van der Waals surface area contributed by atoms with E-state index < -0.39 is 11.8 Å². The van der Waals surface area contributed by atoms with Crippen molar-refractivity contribution in [2.75, 3.05) is 25.7 Å². The van der Waals surface area contributed by atoms with E-state index >= 15 is 0 Å². The molecule has 2 heterocycles. The van der Waals surface area contributed by atoms with E-state index in [1.54, 1.807) is 55.6 Å². The highest BCUT2D eigenvalue weighted by atomic mass is 16.5. The fourth-order valence-corrected chi connectivity index (χ4v) is 8.73. The number of ether oxygens (including phenoxy) is 2. The van der Waals surface area contributed by atoms with Crippen LogP contribution in [-0.2, 0) is 0 Å². The van der Waals surface area contributed by atoms with Crippen LogP contribution >= 0.6 is 0 Å². The maximum atomic E-state index is 14.4. The summed E-state index contributed by atoms with van der Waals surface area (Å²) in [7, 11) is 3.06. The summed E-state index contributed by atoms with van der Waals surface area (Å²) in [4.78, 5) is 59.8. The minimum Gasteiger partial charge on any atom is -0.496 e. The van der Waals surface area contributed by atoms with Gasteiger partial charge in [-0.1, -0.05) is 43.5 Å². The predicted molar refractivity (Wildman–Crippen MR) is 212 cm³/mol. The molecule has 1 aliphatic carbocycles. The molecule has 3 aliphatic rings. The van der Waals surface area contributed by atoms with Crippen LogP contribution in [0.15, 0.2) is 70.9 Å². The van der Waals surface area contributed by atoms with Crippen molar-refractivity contribution in [1.82, 2.24) is 10.2 Å². The van der Waals surface area contributed by atoms with Crippen LogP contribution in [0.3, 0.4) is 0 Å². The number of benzene rings is 6. The molecule has 0 bridgehead atoms. The molecule has 0 saturated heterocycles. The Morgan fingerprint density at radius 3 is 1.88 bits per heavy atom. The number of methoxy groups -OCH3 is 2. The molecule has 9 rings (SSSR count). The number of aliphatic hydroxyl groups excluding tert-OH is 1. The third-order valence-electron chi connectivity index (χ3n) is 11.2. The normalized spacial score (nSPS) is 16.4. The Morgan fingerprint density at radius 1 is 0.768 bits per heavy atom. The lowest BCUT2D eigenvalue weighted by molar-refractivity contribution is -0.119. The molecular formula is C42H36N7O7+. The molecule has 6 aromatic carbocycles. The molecule has 14 nitrogen and oxygen atoms in total. The van der Waals surface area contributed by atoms with Crippen molar-refractivity contribution in [2.45, 2.75) is 38.1 Å². The Balaban J connectivity index is 1.19. The lowest BCUT2D eigenvalue weighted by atomic mass is 9.81. The number of hydrogen-bond donors (Lipinski definition) is 4. The van der Waals surface area contributed by atoms with E-state index in [2.05, 4.69) is 15.5 Å². The molecule has 6 aromatic rings. The lowest BCUT2D eigenvalue weighted by Gasteiger charge is -2.36. The van der Waals surface area contributed by atoms with Gasteiger partial charge in [0.1, 0.15) is 18.0 Å². The summed E-state index contributed by atoms with van der Waals surface area (Å²) in [5.74, 6) is -1.24. The highest BCUT2D eigenvalue weighted by Gasteiger charge is 2.41. The van der Waals surface area contributed by atoms with Gasteiger partial charge in [-0.2, -0.15) is 5.10 Å². The molecule has 0 spiro atoms. The van der Waals surface area contributed by atoms with Gasteiger partial charge in [-0.25, -0.2) is 4.90 Å². The second kappa shape index (κ2) is 13.0. The van der Waals surface area contributed by atoms with Crippen molar-refractivity contribution in [1.29, 1.82) is 0 Å². The zero-order valence-electron chi connectivity index (χ0n) is 30.5. The van der Waals surface area contributed by atoms with Crippen LogP contribution in [0.5, 0.6) is 11.5 Å². The SMILES string of the molecule is COc1cc2c3c(ccc4c5c(OC)cc6c7c(ccc(c1c34)c75)C(=O)N(C1CCCCC1)C6=O)C(=O)N(c1ccc(/C=N\N=C(O)CNC(N)=[NH2+])cc1)C2=O. The molecule has 280 valence electrons. The van der Waals surface area contributed by atoms with E-state index in [1.807, 2.05) is 12.1 Å². The molecule has 56 heavy (non-hydrogen) atoms. The summed E-state index contributed by atoms with van der Waals surface area (Å²) in [5.41, 5.74) is 7.71. The molecule has 1 fully saturated rings. The van der Waals surface area contributed by atoms with Crippen LogP contribution in [0.25, 0.3) is 43.1 Å². The van der Waals surface area contributed by atoms with Gasteiger partial charge >= 0.3 is 5.96 Å². The second-order valence-electron chi connectivity index (χ2n) is 14.2. The monoisotopic (exact) mass is 750 g/mol. The van der Waals surface area contributed by atoms with Gasteiger partial charge in [0, 0.05) is 49.5 Å². The maximum Gasteiger partial charge on any atom is 0.339 e. The molecule has 1 saturated carbocycles. The second-order valence-corrected chi connectivity index (χ2v) is 14.2. The summed E-state index contributed by atoms with van der Waals surface area (Å²) in [6.07, 6.45) is 5.98. The van der Waals surface area contributed by atoms with Gasteiger partial charge < -0.3 is 14.6 Å². The average Bonchev–Trinajstić information content (AvgIpc) is 3.21. The van der Waals surface area contributed by atoms with Crippen molar-refractivity contribution in [2.24, 2.45) is 15.9 Å². The topological polar surface area (TPSA) is 202 Å². The number of carbonyl (C=O) groups excluding carboxylic acids is 4. The van der Waals surface area contributed by atoms with Gasteiger partial charge in [0.25, 0.3) is 23.6 Å². The van der Waals surface area contributed by atoms with E-state index in [9.17, 15) is 24.3 Å². The number of carbonyl (C=O) groups is 4. The summed E-state index contributed by atoms with van der Waals surface area (Å²) >= 11 is 0. The van der Waals surface area contributed by atoms with Crippen LogP contribution in [0.1, 0.15) is 79.1 Å². The standard InChI is InChI=1S/C42H35N7O7/c1-55-29-16-27-32-25(38(51)48(40(27)53)21-6-4-3-5-7-21)14-12-23-35-30(56-2)17-28-33-26(15-13-24(37(33)35)34(29)36(23)32)39(52)49(41(28)54)22-10-8-20(9-11-22)18-46-47-31(50)19-45-42(43)44/h8-18,21H,3-7,19H2,1-2H3,(H,47,50)(H4,43,44,45)/p+1/b46-18-. The molecule has 6 N–H and O–H groups in total. The first-order valence-electron chi connectivity index (χ1n) is 18.3. The summed E-state index contributed by atoms with van der Waals surface area (Å²) in [5, 5.41) is 30.3. The van der Waals surface area contributed by atoms with E-state index in [0.29, 0.717) is 82.5 Å². The summed E-state index contributed by atoms with van der Waals surface area (Å²) in [6, 6.07) is 17.0. The molecule has 14 heteroatoms. The molecule has 0 atom stereocenters. The first-order valence-corrected chi connectivity index (χ1v) is 18.3. The van der Waals surface area contributed by atoms with Gasteiger partial charge in [0.05, 0.1) is 37.2 Å². The number of nitrogens with two attached hydrogens (primary N) is 2. The average molecular weight is 751 g/mol. The third-order valence-corrected chi connectivity index (χ3v) is 11.2. The van der Waals surface area contributed by atoms with Gasteiger partial charge in [-0.15, -0.1) is 5.10 Å². The quantitative estimate of drug-likeness (QED) is 0.0434. The Kier molecular flexibility index (Phi) is 8.07. The number of hydrogen-bond acceptors (Lipinski definition) is 8. The van der Waals surface area contributed by atoms with Crippen molar-refractivity contribution >= 4 is 90.5 Å². The number of imide groups is 2. The lowest BCUT2D eigenvalue weighted by Crippen LogP contribution is -2.55. The van der Waals surface area contributed by atoms with Crippen LogP contribution in [-0.4, -0.2) is 78.5 Å². The number of nitrogens with zero attached hydrogens (tertiary/aromatic N) is 4. The van der Waals surface area contributed by atoms with E-state index in [1.165, 1.54) is 18.2 Å². The predicted octanol–water partition coefficient (Wildman–Crippen LogP) is 4.44. The van der Waals surface area contributed by atoms with Crippen LogP contribution in [0, 0.1) is 0 Å². The van der Waals surface area contributed by atoms with Crippen LogP contribution in [0.2, 0.25) is 0 Å². The van der Waals surface area contributed by atoms with Crippen molar-refractivity contribution in [3.05, 3.63) is 88.5 Å². The fraction of sp³-hybridized carbons (Fsp3) is 0.214. The Hall–Kier alpha value is -7.09. The number of rotatable bonds is 8. The largest absolute Gasteiger partial charge is 0.496 e. The number of aliphatic hydroxyl groups is 1. The minimum absolute atomic E-state index is 0.0705. The van der Waals surface area contributed by atoms with Gasteiger partial charge in [-0.05, 0) is 65.6 Å². The van der Waals surface area contributed by atoms with Gasteiger partial charge in [-0.3, -0.25) is 40.5 Å². The van der Waals surface area contributed by atoms with E-state index in [-0.39, 0.29) is 41.8 Å². The van der Waals surface area contributed by atoms with Crippen LogP contribution < -0.4 is 30.8 Å². The number of guanidine groups is 1. The van der Waals surface area contributed by atoms with Gasteiger partial charge in [0.2, 0.25) is 5.90 Å². The number of fused-ring (bicyclic) bond motifs is 2. The number of anilines is 1. The number of nitrogens with one attached hydrogen (secondary N) is 1. The van der Waals surface area contributed by atoms with Crippen molar-refractivity contribution < 1.29 is 39.2 Å². The Morgan fingerprint density at radius 2 is 1.30 bits per heavy atom. The zero-order chi connectivity index (χ0) is 39.0. The highest BCUT2D eigenvalue weighted by Crippen LogP contribution is 2.52. The zero-order valence-corrected chi connectivity index (χ0v) is 30.5. The highest BCUT2D eigenvalue weighted by molar-refractivity contribution is 6.45. The van der Waals surface area contributed by atoms with E-state index in [4.69, 9.17) is 20.6 Å². The fourth-order valence-electron chi connectivity index (χ4n) is 8.73. The van der Waals surface area contributed by atoms with Crippen molar-refractivity contribution in [3.8, 4) is 11.5 Å². The number of amides is 4. The molecule has 0 radical (unpaired) electrons. The molecular weight excluding hydrogens is 715 g/mol. The van der Waals surface area contributed by atoms with Gasteiger partial charge in [0.15, 0.2) is 0 Å². The van der Waals surface area contributed by atoms with E-state index in [0.717, 1.165) is 37.0 Å². The first kappa shape index (κ1) is 34.7. The van der Waals surface area contributed by atoms with Crippen LogP contribution in [0.4, 0.5) is 5.69 Å². The summed E-state index contributed by atoms with van der Waals surface area (Å²) in [6.45, 7) is -0.0986. The Labute approximate surface area is 319 Å². The molecule has 2 aliphatic heterocycles. The Bertz CT molecular complexity index is 2790. The third kappa shape index (κ3) is 5.05. The molecule has 4 amide bonds. The smallest absolute Gasteiger partial charge is 0.339 e. The first-order chi connectivity index (χ1) is 27.1. The maximum absolute atomic E-state index is 14.4.